The molecule has 120 valence electrons. The zero-order valence-corrected chi connectivity index (χ0v) is 14.8. The molecular weight excluding hydrogens is 262 g/mol. The Bertz CT molecular complexity index is 202. The lowest BCUT2D eigenvalue weighted by Gasteiger charge is -2.20. The van der Waals surface area contributed by atoms with E-state index in [1.165, 1.54) is 89.3 Å². The molecule has 1 N–H and O–H groups in total. The van der Waals surface area contributed by atoms with Crippen molar-refractivity contribution < 1.29 is 0 Å². The van der Waals surface area contributed by atoms with E-state index in [0.717, 1.165) is 11.3 Å². The second kappa shape index (κ2) is 13.0. The predicted octanol–water partition coefficient (Wildman–Crippen LogP) is 5.78. The fraction of sp³-hybridized carbons (Fsp3) is 1.00. The van der Waals surface area contributed by atoms with Gasteiger partial charge in [-0.15, -0.1) is 0 Å². The summed E-state index contributed by atoms with van der Waals surface area (Å²) in [5.74, 6) is 1.35. The molecule has 0 saturated heterocycles. The highest BCUT2D eigenvalue weighted by atomic mass is 32.2. The first-order valence-electron chi connectivity index (χ1n) is 9.21. The van der Waals surface area contributed by atoms with Crippen LogP contribution in [-0.2, 0) is 0 Å². The van der Waals surface area contributed by atoms with Crippen molar-refractivity contribution in [2.45, 2.75) is 102 Å². The van der Waals surface area contributed by atoms with E-state index in [2.05, 4.69) is 30.9 Å². The number of unbranched alkanes of at least 4 members (excludes halogenated alkanes) is 5. The first kappa shape index (κ1) is 18.4. The molecule has 2 heteroatoms. The van der Waals surface area contributed by atoms with Crippen LogP contribution in [0.4, 0.5) is 0 Å². The van der Waals surface area contributed by atoms with Gasteiger partial charge >= 0.3 is 0 Å². The van der Waals surface area contributed by atoms with Gasteiger partial charge in [0, 0.05) is 17.0 Å². The Hall–Kier alpha value is 0.310. The largest absolute Gasteiger partial charge is 0.313 e. The van der Waals surface area contributed by atoms with E-state index in [1.54, 1.807) is 0 Å². The first-order chi connectivity index (χ1) is 9.86. The van der Waals surface area contributed by atoms with Crippen molar-refractivity contribution in [1.29, 1.82) is 0 Å². The van der Waals surface area contributed by atoms with Gasteiger partial charge in [-0.3, -0.25) is 0 Å². The van der Waals surface area contributed by atoms with Gasteiger partial charge in [0.05, 0.1) is 0 Å². The Balaban J connectivity index is 2.07. The van der Waals surface area contributed by atoms with Gasteiger partial charge in [-0.2, -0.15) is 11.8 Å². The number of thioether (sulfide) groups is 1. The summed E-state index contributed by atoms with van der Waals surface area (Å²) in [7, 11) is 0. The zero-order valence-electron chi connectivity index (χ0n) is 14.0. The molecule has 0 bridgehead atoms. The molecule has 0 aromatic heterocycles. The van der Waals surface area contributed by atoms with Crippen LogP contribution in [-0.4, -0.2) is 23.6 Å². The maximum atomic E-state index is 3.77. The third kappa shape index (κ3) is 9.28. The second-order valence-electron chi connectivity index (χ2n) is 6.45. The Morgan fingerprint density at radius 1 is 0.950 bits per heavy atom. The number of hydrogen-bond donors (Lipinski definition) is 1. The molecule has 20 heavy (non-hydrogen) atoms. The molecule has 1 unspecified atom stereocenters. The summed E-state index contributed by atoms with van der Waals surface area (Å²) in [5, 5.41) is 4.75. The van der Waals surface area contributed by atoms with Crippen molar-refractivity contribution >= 4 is 11.8 Å². The van der Waals surface area contributed by atoms with Gasteiger partial charge in [0.15, 0.2) is 0 Å². The van der Waals surface area contributed by atoms with Crippen molar-refractivity contribution in [3.8, 4) is 0 Å². The lowest BCUT2D eigenvalue weighted by atomic mass is 10.1. The molecule has 0 heterocycles. The van der Waals surface area contributed by atoms with E-state index in [9.17, 15) is 0 Å². The monoisotopic (exact) mass is 299 g/mol. The van der Waals surface area contributed by atoms with Crippen LogP contribution in [0, 0.1) is 0 Å². The molecule has 0 aromatic carbocycles. The maximum absolute atomic E-state index is 3.77. The fourth-order valence-electron chi connectivity index (χ4n) is 3.07. The smallest absolute Gasteiger partial charge is 0.0158 e. The van der Waals surface area contributed by atoms with Gasteiger partial charge in [0.1, 0.15) is 0 Å². The summed E-state index contributed by atoms with van der Waals surface area (Å²) in [4.78, 5) is 0. The Kier molecular flexibility index (Phi) is 11.9. The number of nitrogens with one attached hydrogen (secondary N) is 1. The molecule has 1 aliphatic rings. The zero-order chi connectivity index (χ0) is 14.5. The van der Waals surface area contributed by atoms with Gasteiger partial charge in [0.2, 0.25) is 0 Å². The Labute approximate surface area is 132 Å². The van der Waals surface area contributed by atoms with Gasteiger partial charge < -0.3 is 5.32 Å². The fourth-order valence-corrected chi connectivity index (χ4v) is 4.53. The minimum absolute atomic E-state index is 0.770. The minimum atomic E-state index is 0.770. The van der Waals surface area contributed by atoms with E-state index in [4.69, 9.17) is 0 Å². The first-order valence-corrected chi connectivity index (χ1v) is 10.3. The Morgan fingerprint density at radius 2 is 1.65 bits per heavy atom. The van der Waals surface area contributed by atoms with Crippen LogP contribution in [0.1, 0.15) is 90.9 Å². The van der Waals surface area contributed by atoms with Crippen molar-refractivity contribution in [3.05, 3.63) is 0 Å². The Morgan fingerprint density at radius 3 is 2.35 bits per heavy atom. The van der Waals surface area contributed by atoms with Gasteiger partial charge in [-0.05, 0) is 32.2 Å². The van der Waals surface area contributed by atoms with E-state index in [-0.39, 0.29) is 0 Å². The highest BCUT2D eigenvalue weighted by molar-refractivity contribution is 7.99. The van der Waals surface area contributed by atoms with Crippen LogP contribution < -0.4 is 5.32 Å². The summed E-state index contributed by atoms with van der Waals surface area (Å²) in [6.07, 6.45) is 17.1. The van der Waals surface area contributed by atoms with E-state index >= 15 is 0 Å². The third-order valence-corrected chi connectivity index (χ3v) is 5.96. The molecule has 0 spiro atoms. The topological polar surface area (TPSA) is 12.0 Å². The molecule has 1 aliphatic carbocycles. The molecule has 1 saturated carbocycles. The van der Waals surface area contributed by atoms with Crippen LogP contribution in [0.15, 0.2) is 0 Å². The van der Waals surface area contributed by atoms with Gasteiger partial charge in [0.25, 0.3) is 0 Å². The summed E-state index contributed by atoms with van der Waals surface area (Å²) in [5.41, 5.74) is 0. The summed E-state index contributed by atoms with van der Waals surface area (Å²) in [6.45, 7) is 5.77. The van der Waals surface area contributed by atoms with Crippen LogP contribution in [0.3, 0.4) is 0 Å². The van der Waals surface area contributed by atoms with E-state index < -0.39 is 0 Å². The highest BCUT2D eigenvalue weighted by Gasteiger charge is 2.17. The van der Waals surface area contributed by atoms with Crippen LogP contribution >= 0.6 is 11.8 Å². The molecule has 1 fully saturated rings. The average Bonchev–Trinajstić information content (AvgIpc) is 2.98. The molecule has 0 radical (unpaired) electrons. The summed E-state index contributed by atoms with van der Waals surface area (Å²) in [6, 6.07) is 0.770. The molecule has 0 aromatic rings. The van der Waals surface area contributed by atoms with Crippen molar-refractivity contribution in [3.63, 3.8) is 0 Å². The van der Waals surface area contributed by atoms with Gasteiger partial charge in [-0.25, -0.2) is 0 Å². The van der Waals surface area contributed by atoms with E-state index in [1.807, 2.05) is 0 Å². The number of rotatable bonds is 13. The quantitative estimate of drug-likeness (QED) is 0.433. The normalized spacial score (nSPS) is 17.7. The molecule has 1 nitrogen and oxygen atoms in total. The van der Waals surface area contributed by atoms with Crippen molar-refractivity contribution in [2.24, 2.45) is 0 Å². The van der Waals surface area contributed by atoms with Gasteiger partial charge in [-0.1, -0.05) is 65.2 Å². The minimum Gasteiger partial charge on any atom is -0.313 e. The highest BCUT2D eigenvalue weighted by Crippen LogP contribution is 2.30. The molecule has 1 rings (SSSR count). The molecule has 0 aliphatic heterocycles. The third-order valence-electron chi connectivity index (χ3n) is 4.42. The molecule has 0 amide bonds. The SMILES string of the molecule is CCCCCCCCC(CSC1CCCC1)NCCC. The van der Waals surface area contributed by atoms with Crippen LogP contribution in [0.2, 0.25) is 0 Å². The van der Waals surface area contributed by atoms with Crippen LogP contribution in [0.25, 0.3) is 0 Å². The predicted molar refractivity (Wildman–Crippen MR) is 94.8 cm³/mol. The summed E-state index contributed by atoms with van der Waals surface area (Å²) >= 11 is 2.25. The lowest BCUT2D eigenvalue weighted by molar-refractivity contribution is 0.483. The van der Waals surface area contributed by atoms with Crippen molar-refractivity contribution in [1.82, 2.24) is 5.32 Å². The summed E-state index contributed by atoms with van der Waals surface area (Å²) < 4.78 is 0. The standard InChI is InChI=1S/C18H37NS/c1-3-5-6-7-8-9-12-17(19-15-4-2)16-20-18-13-10-11-14-18/h17-19H,3-16H2,1-2H3. The van der Waals surface area contributed by atoms with E-state index in [0.29, 0.717) is 0 Å². The molecule has 1 atom stereocenters. The number of hydrogen-bond acceptors (Lipinski definition) is 2. The second-order valence-corrected chi connectivity index (χ2v) is 7.78. The van der Waals surface area contributed by atoms with Crippen molar-refractivity contribution in [2.75, 3.05) is 12.3 Å². The average molecular weight is 300 g/mol. The molecular formula is C18H37NS. The lowest BCUT2D eigenvalue weighted by Crippen LogP contribution is -2.32. The van der Waals surface area contributed by atoms with Crippen LogP contribution in [0.5, 0.6) is 0 Å². The maximum Gasteiger partial charge on any atom is 0.0158 e.